The van der Waals surface area contributed by atoms with Crippen LogP contribution < -0.4 is 5.56 Å². The largest absolute Gasteiger partial charge is 0.301 e. The molecule has 0 saturated carbocycles. The van der Waals surface area contributed by atoms with E-state index in [9.17, 15) is 14.0 Å². The number of ketones is 1. The molecular weight excluding hydrogens is 327 g/mol. The number of halogens is 1. The summed E-state index contributed by atoms with van der Waals surface area (Å²) in [5.74, 6) is -0.444. The lowest BCUT2D eigenvalue weighted by Gasteiger charge is -2.04. The summed E-state index contributed by atoms with van der Waals surface area (Å²) in [5, 5.41) is 0.372. The normalized spacial score (nSPS) is 10.5. The Hall–Kier alpha value is -2.73. The topological polar surface area (TPSA) is 62.8 Å². The van der Waals surface area contributed by atoms with Gasteiger partial charge < -0.3 is 4.98 Å². The summed E-state index contributed by atoms with van der Waals surface area (Å²) in [4.78, 5) is 30.9. The Morgan fingerprint density at radius 2 is 1.79 bits per heavy atom. The molecule has 0 atom stereocenters. The molecule has 6 heteroatoms. The number of hydrogen-bond acceptors (Lipinski definition) is 4. The van der Waals surface area contributed by atoms with Gasteiger partial charge in [-0.25, -0.2) is 9.37 Å². The summed E-state index contributed by atoms with van der Waals surface area (Å²) in [6.07, 6.45) is 0. The van der Waals surface area contributed by atoms with Crippen molar-refractivity contribution in [2.75, 3.05) is 5.75 Å². The summed E-state index contributed by atoms with van der Waals surface area (Å²) in [6.45, 7) is 0. The van der Waals surface area contributed by atoms with Crippen molar-refractivity contribution in [3.8, 4) is 11.3 Å². The summed E-state index contributed by atoms with van der Waals surface area (Å²) < 4.78 is 12.9. The van der Waals surface area contributed by atoms with Gasteiger partial charge in [0, 0.05) is 17.2 Å². The van der Waals surface area contributed by atoms with E-state index in [2.05, 4.69) is 9.97 Å². The van der Waals surface area contributed by atoms with Crippen LogP contribution >= 0.6 is 11.8 Å². The Kier molecular flexibility index (Phi) is 4.86. The quantitative estimate of drug-likeness (QED) is 0.438. The van der Waals surface area contributed by atoms with Crippen LogP contribution in [0.4, 0.5) is 4.39 Å². The number of rotatable bonds is 5. The van der Waals surface area contributed by atoms with E-state index < -0.39 is 0 Å². The van der Waals surface area contributed by atoms with Crippen molar-refractivity contribution < 1.29 is 9.18 Å². The number of hydrogen-bond donors (Lipinski definition) is 1. The monoisotopic (exact) mass is 340 g/mol. The lowest BCUT2D eigenvalue weighted by atomic mass is 10.1. The Labute approximate surface area is 141 Å². The SMILES string of the molecule is O=C(CSc1nc(-c2ccccc2)cc(=O)[nH]1)c1ccc(F)cc1. The van der Waals surface area contributed by atoms with Gasteiger partial charge in [-0.05, 0) is 24.3 Å². The van der Waals surface area contributed by atoms with Gasteiger partial charge in [0.15, 0.2) is 10.9 Å². The molecule has 4 nitrogen and oxygen atoms in total. The van der Waals surface area contributed by atoms with E-state index in [1.54, 1.807) is 0 Å². The molecule has 0 spiro atoms. The third-order valence-corrected chi connectivity index (χ3v) is 4.17. The number of carbonyl (C=O) groups excluding carboxylic acids is 1. The van der Waals surface area contributed by atoms with Crippen LogP contribution in [0.2, 0.25) is 0 Å². The van der Waals surface area contributed by atoms with Gasteiger partial charge in [0.25, 0.3) is 5.56 Å². The van der Waals surface area contributed by atoms with Crippen LogP contribution in [0.5, 0.6) is 0 Å². The molecule has 3 rings (SSSR count). The van der Waals surface area contributed by atoms with Crippen molar-refractivity contribution in [1.82, 2.24) is 9.97 Å². The van der Waals surface area contributed by atoms with Crippen LogP contribution in [-0.2, 0) is 0 Å². The molecule has 1 heterocycles. The molecule has 0 aliphatic carbocycles. The molecule has 0 aliphatic rings. The number of nitrogens with one attached hydrogen (secondary N) is 1. The molecule has 0 radical (unpaired) electrons. The lowest BCUT2D eigenvalue weighted by Crippen LogP contribution is -2.10. The Balaban J connectivity index is 1.76. The summed E-state index contributed by atoms with van der Waals surface area (Å²) >= 11 is 1.14. The molecule has 0 fully saturated rings. The molecule has 1 N–H and O–H groups in total. The van der Waals surface area contributed by atoms with E-state index in [1.165, 1.54) is 30.3 Å². The van der Waals surface area contributed by atoms with Gasteiger partial charge in [0.1, 0.15) is 5.82 Å². The molecule has 2 aromatic carbocycles. The second kappa shape index (κ2) is 7.23. The van der Waals surface area contributed by atoms with Gasteiger partial charge in [-0.3, -0.25) is 9.59 Å². The van der Waals surface area contributed by atoms with Crippen molar-refractivity contribution >= 4 is 17.5 Å². The standard InChI is InChI=1S/C18H13FN2O2S/c19-14-8-6-13(7-9-14)16(22)11-24-18-20-15(10-17(23)21-18)12-4-2-1-3-5-12/h1-10H,11H2,(H,20,21,23). The molecule has 0 bridgehead atoms. The molecule has 0 amide bonds. The first-order chi connectivity index (χ1) is 11.6. The van der Waals surface area contributed by atoms with Gasteiger partial charge in [-0.15, -0.1) is 0 Å². The molecule has 0 saturated heterocycles. The van der Waals surface area contributed by atoms with Crippen molar-refractivity contribution in [3.05, 3.63) is 82.4 Å². The van der Waals surface area contributed by atoms with Crippen LogP contribution in [0.25, 0.3) is 11.3 Å². The molecule has 0 unspecified atom stereocenters. The zero-order valence-corrected chi connectivity index (χ0v) is 13.3. The van der Waals surface area contributed by atoms with Crippen molar-refractivity contribution in [2.45, 2.75) is 5.16 Å². The number of H-pyrrole nitrogens is 1. The van der Waals surface area contributed by atoms with E-state index in [0.29, 0.717) is 16.4 Å². The fourth-order valence-electron chi connectivity index (χ4n) is 2.11. The number of benzene rings is 2. The maximum atomic E-state index is 12.9. The van der Waals surface area contributed by atoms with Crippen LogP contribution in [0, 0.1) is 5.82 Å². The molecule has 120 valence electrons. The maximum absolute atomic E-state index is 12.9. The van der Waals surface area contributed by atoms with Crippen LogP contribution in [0.15, 0.2) is 70.6 Å². The molecule has 3 aromatic rings. The maximum Gasteiger partial charge on any atom is 0.252 e. The van der Waals surface area contributed by atoms with Gasteiger partial charge >= 0.3 is 0 Å². The molecule has 1 aromatic heterocycles. The average Bonchev–Trinajstić information content (AvgIpc) is 2.60. The highest BCUT2D eigenvalue weighted by molar-refractivity contribution is 7.99. The van der Waals surface area contributed by atoms with Gasteiger partial charge in [-0.2, -0.15) is 0 Å². The minimum absolute atomic E-state index is 0.104. The van der Waals surface area contributed by atoms with E-state index in [1.807, 2.05) is 30.3 Å². The highest BCUT2D eigenvalue weighted by atomic mass is 32.2. The van der Waals surface area contributed by atoms with Crippen molar-refractivity contribution in [1.29, 1.82) is 0 Å². The third kappa shape index (κ3) is 3.97. The van der Waals surface area contributed by atoms with Crippen LogP contribution in [-0.4, -0.2) is 21.5 Å². The number of carbonyl (C=O) groups is 1. The second-order valence-corrected chi connectivity index (χ2v) is 5.98. The third-order valence-electron chi connectivity index (χ3n) is 3.30. The first kappa shape index (κ1) is 16.1. The Morgan fingerprint density at radius 3 is 2.50 bits per heavy atom. The van der Waals surface area contributed by atoms with Crippen LogP contribution in [0.3, 0.4) is 0 Å². The average molecular weight is 340 g/mol. The minimum Gasteiger partial charge on any atom is -0.301 e. The first-order valence-electron chi connectivity index (χ1n) is 7.20. The highest BCUT2D eigenvalue weighted by Crippen LogP contribution is 2.19. The fourth-order valence-corrected chi connectivity index (χ4v) is 2.88. The second-order valence-electron chi connectivity index (χ2n) is 5.02. The van der Waals surface area contributed by atoms with E-state index in [4.69, 9.17) is 0 Å². The highest BCUT2D eigenvalue weighted by Gasteiger charge is 2.09. The van der Waals surface area contributed by atoms with Crippen molar-refractivity contribution in [3.63, 3.8) is 0 Å². The predicted octanol–water partition coefficient (Wildman–Crippen LogP) is 3.55. The summed E-state index contributed by atoms with van der Waals surface area (Å²) in [6, 6.07) is 16.1. The molecule has 24 heavy (non-hydrogen) atoms. The smallest absolute Gasteiger partial charge is 0.252 e. The van der Waals surface area contributed by atoms with E-state index in [-0.39, 0.29) is 22.9 Å². The van der Waals surface area contributed by atoms with Crippen LogP contribution in [0.1, 0.15) is 10.4 Å². The number of aromatic amines is 1. The number of thioether (sulfide) groups is 1. The summed E-state index contributed by atoms with van der Waals surface area (Å²) in [7, 11) is 0. The number of Topliss-reactive ketones (excluding diaryl/α,β-unsaturated/α-hetero) is 1. The lowest BCUT2D eigenvalue weighted by molar-refractivity contribution is 0.102. The zero-order chi connectivity index (χ0) is 16.9. The van der Waals surface area contributed by atoms with Crippen molar-refractivity contribution in [2.24, 2.45) is 0 Å². The first-order valence-corrected chi connectivity index (χ1v) is 8.19. The van der Waals surface area contributed by atoms with Gasteiger partial charge in [0.2, 0.25) is 0 Å². The Morgan fingerprint density at radius 1 is 1.08 bits per heavy atom. The fraction of sp³-hybridized carbons (Fsp3) is 0.0556. The molecular formula is C18H13FN2O2S. The van der Waals surface area contributed by atoms with E-state index in [0.717, 1.165) is 17.3 Å². The predicted molar refractivity (Wildman–Crippen MR) is 91.7 cm³/mol. The van der Waals surface area contributed by atoms with E-state index >= 15 is 0 Å². The van der Waals surface area contributed by atoms with Gasteiger partial charge in [-0.1, -0.05) is 42.1 Å². The number of aromatic nitrogens is 2. The van der Waals surface area contributed by atoms with Gasteiger partial charge in [0.05, 0.1) is 11.4 Å². The zero-order valence-electron chi connectivity index (χ0n) is 12.5. The minimum atomic E-state index is -0.388. The number of nitrogens with zero attached hydrogens (tertiary/aromatic N) is 1. The Bertz CT molecular complexity index is 908. The summed E-state index contributed by atoms with van der Waals surface area (Å²) in [5.41, 5.74) is 1.53. The molecule has 0 aliphatic heterocycles.